The molecule has 53 heavy (non-hydrogen) atoms. The molecule has 274 valence electrons. The van der Waals surface area contributed by atoms with E-state index < -0.39 is 0 Å². The van der Waals surface area contributed by atoms with Gasteiger partial charge >= 0.3 is 11.9 Å². The van der Waals surface area contributed by atoms with Gasteiger partial charge in [-0.1, -0.05) is 57.9 Å². The fraction of sp³-hybridized carbons (Fsp3) is 0.326. The van der Waals surface area contributed by atoms with E-state index >= 15 is 0 Å². The number of fused-ring (bicyclic) bond motifs is 5. The first-order chi connectivity index (χ1) is 25.9. The molecule has 0 radical (unpaired) electrons. The number of allylic oxidation sites excluding steroid dienone is 10. The van der Waals surface area contributed by atoms with Crippen LogP contribution in [-0.4, -0.2) is 59.2 Å². The fourth-order valence-corrected chi connectivity index (χ4v) is 6.81. The normalized spacial score (nSPS) is 18.5. The molecule has 5 aliphatic rings. The quantitative estimate of drug-likeness (QED) is 0.101. The molecule has 0 saturated heterocycles. The number of esters is 2. The number of hydrogen-bond donors (Lipinski definition) is 2. The van der Waals surface area contributed by atoms with Crippen LogP contribution in [0, 0.1) is 0 Å². The van der Waals surface area contributed by atoms with Crippen LogP contribution in [0.15, 0.2) is 135 Å². The molecule has 8 bridgehead atoms. The number of carbonyl (C=O) groups excluding carboxylic acids is 2. The lowest BCUT2D eigenvalue weighted by Gasteiger charge is -2.17. The number of aromatic nitrogens is 1. The number of unbranched alkanes of at least 4 members (excludes halogenated alkanes) is 4. The summed E-state index contributed by atoms with van der Waals surface area (Å²) in [5.41, 5.74) is 10.2. The van der Waals surface area contributed by atoms with Crippen LogP contribution in [0.4, 0.5) is 0 Å². The molecule has 2 N–H and O–H groups in total. The van der Waals surface area contributed by atoms with Gasteiger partial charge in [-0.3, -0.25) is 9.59 Å². The fourth-order valence-electron chi connectivity index (χ4n) is 6.81. The maximum Gasteiger partial charge on any atom is 0.306 e. The predicted octanol–water partition coefficient (Wildman–Crippen LogP) is 8.33. The Labute approximate surface area is 311 Å². The van der Waals surface area contributed by atoms with Gasteiger partial charge in [0.15, 0.2) is 0 Å². The molecule has 10 heteroatoms. The van der Waals surface area contributed by atoms with Crippen LogP contribution in [0.5, 0.6) is 0 Å². The summed E-state index contributed by atoms with van der Waals surface area (Å²) in [4.78, 5) is 46.7. The molecular weight excluding hydrogens is 665 g/mol. The van der Waals surface area contributed by atoms with Gasteiger partial charge in [0.05, 0.1) is 45.5 Å². The van der Waals surface area contributed by atoms with Crippen molar-refractivity contribution < 1.29 is 19.1 Å². The number of aliphatic imine (C=N–C) groups is 3. The van der Waals surface area contributed by atoms with Gasteiger partial charge in [-0.05, 0) is 74.3 Å². The second-order valence-electron chi connectivity index (χ2n) is 13.3. The van der Waals surface area contributed by atoms with Gasteiger partial charge in [0, 0.05) is 54.7 Å². The van der Waals surface area contributed by atoms with Crippen molar-refractivity contribution >= 4 is 40.2 Å². The van der Waals surface area contributed by atoms with Crippen LogP contribution in [0.25, 0.3) is 11.1 Å². The SMILES string of the molecule is C=CCOC(=O)CCC1=C2C=CC(=N2)/C(=C2/NC=CN2C)c2ccc([nH]2)C(CCC(=O)OCC=C)=C2C=CC(=N2)C(CCCCCCC)=C2C=CC1=N2. The zero-order valence-corrected chi connectivity index (χ0v) is 30.7. The van der Waals surface area contributed by atoms with E-state index in [0.717, 1.165) is 93.0 Å². The van der Waals surface area contributed by atoms with Crippen molar-refractivity contribution in [3.63, 3.8) is 0 Å². The standard InChI is InChI=1S/C43H48N6O4/c1-5-8-9-10-11-12-29-32-15-17-34(45-32)30(13-23-40(50)52-27-6-2)36-19-21-38(47-36)42(43-44-25-26-49(43)4)39-22-20-37(48-39)31(35-18-16-33(29)46-35)14-24-41(51)53-28-7-3/h6-7,15-22,25-26,44,47H,2-3,5,8-14,23-24,27-28H2,1,4H3/b33-29?,34-30?,37-31?,43-42-. The average molecular weight is 713 g/mol. The molecule has 0 spiro atoms. The second kappa shape index (κ2) is 17.6. The Balaban J connectivity index is 1.51. The topological polar surface area (TPSA) is 121 Å². The number of carbonyl (C=O) groups is 2. The van der Waals surface area contributed by atoms with Gasteiger partial charge < -0.3 is 24.7 Å². The monoisotopic (exact) mass is 712 g/mol. The van der Waals surface area contributed by atoms with Gasteiger partial charge in [0.1, 0.15) is 19.0 Å². The van der Waals surface area contributed by atoms with Crippen LogP contribution in [-0.2, 0) is 19.1 Å². The Morgan fingerprint density at radius 3 is 1.87 bits per heavy atom. The van der Waals surface area contributed by atoms with Crippen molar-refractivity contribution in [2.24, 2.45) is 15.0 Å². The summed E-state index contributed by atoms with van der Waals surface area (Å²) in [6.07, 6.45) is 26.9. The van der Waals surface area contributed by atoms with Crippen molar-refractivity contribution in [2.75, 3.05) is 20.3 Å². The van der Waals surface area contributed by atoms with Gasteiger partial charge in [-0.25, -0.2) is 15.0 Å². The van der Waals surface area contributed by atoms with E-state index in [-0.39, 0.29) is 38.0 Å². The molecule has 10 nitrogen and oxygen atoms in total. The van der Waals surface area contributed by atoms with Crippen LogP contribution in [0.3, 0.4) is 0 Å². The lowest BCUT2D eigenvalue weighted by atomic mass is 10.00. The van der Waals surface area contributed by atoms with Crippen molar-refractivity contribution in [3.05, 3.63) is 132 Å². The van der Waals surface area contributed by atoms with E-state index in [1.54, 1.807) is 12.2 Å². The number of nitrogens with zero attached hydrogens (tertiary/aromatic N) is 4. The molecule has 1 aromatic rings. The number of ether oxygens (including phenoxy) is 2. The van der Waals surface area contributed by atoms with E-state index in [9.17, 15) is 9.59 Å². The van der Waals surface area contributed by atoms with Crippen LogP contribution < -0.4 is 5.32 Å². The molecule has 6 heterocycles. The summed E-state index contributed by atoms with van der Waals surface area (Å²) >= 11 is 0. The third kappa shape index (κ3) is 8.83. The molecule has 0 aromatic carbocycles. The Morgan fingerprint density at radius 2 is 1.26 bits per heavy atom. The lowest BCUT2D eigenvalue weighted by Crippen LogP contribution is -2.19. The maximum atomic E-state index is 12.7. The second-order valence-corrected chi connectivity index (χ2v) is 13.3. The van der Waals surface area contributed by atoms with Crippen LogP contribution in [0.2, 0.25) is 0 Å². The third-order valence-electron chi connectivity index (χ3n) is 9.52. The summed E-state index contributed by atoms with van der Waals surface area (Å²) in [5, 5.41) is 3.39. The van der Waals surface area contributed by atoms with Crippen molar-refractivity contribution in [1.29, 1.82) is 0 Å². The molecule has 0 fully saturated rings. The van der Waals surface area contributed by atoms with Gasteiger partial charge in [-0.15, -0.1) is 0 Å². The minimum Gasteiger partial charge on any atom is -0.461 e. The number of rotatable bonds is 16. The Bertz CT molecular complexity index is 2000. The van der Waals surface area contributed by atoms with Gasteiger partial charge in [0.25, 0.3) is 0 Å². The van der Waals surface area contributed by atoms with E-state index in [0.29, 0.717) is 12.8 Å². The minimum atomic E-state index is -0.304. The molecule has 0 aliphatic carbocycles. The first-order valence-electron chi connectivity index (χ1n) is 18.5. The van der Waals surface area contributed by atoms with Gasteiger partial charge in [-0.2, -0.15) is 0 Å². The van der Waals surface area contributed by atoms with E-state index in [1.165, 1.54) is 19.3 Å². The van der Waals surface area contributed by atoms with Gasteiger partial charge in [0.2, 0.25) is 0 Å². The molecule has 5 aliphatic heterocycles. The zero-order valence-electron chi connectivity index (χ0n) is 30.7. The summed E-state index contributed by atoms with van der Waals surface area (Å²) in [6.45, 7) is 9.89. The number of hydrogen-bond acceptors (Lipinski definition) is 9. The van der Waals surface area contributed by atoms with E-state index in [1.807, 2.05) is 60.8 Å². The predicted molar refractivity (Wildman–Crippen MR) is 213 cm³/mol. The first-order valence-corrected chi connectivity index (χ1v) is 18.5. The number of nitrogens with one attached hydrogen (secondary N) is 2. The summed E-state index contributed by atoms with van der Waals surface area (Å²) < 4.78 is 10.7. The molecule has 0 amide bonds. The maximum absolute atomic E-state index is 12.7. The Hall–Kier alpha value is -5.77. The summed E-state index contributed by atoms with van der Waals surface area (Å²) in [6, 6.07) is 4.07. The highest BCUT2D eigenvalue weighted by atomic mass is 16.5. The summed E-state index contributed by atoms with van der Waals surface area (Å²) in [7, 11) is 1.98. The molecular formula is C43H48N6O4. The largest absolute Gasteiger partial charge is 0.461 e. The molecule has 1 aromatic heterocycles. The Morgan fingerprint density at radius 1 is 0.717 bits per heavy atom. The minimum absolute atomic E-state index is 0.166. The number of aromatic amines is 1. The van der Waals surface area contributed by atoms with Crippen molar-refractivity contribution in [2.45, 2.75) is 71.1 Å². The van der Waals surface area contributed by atoms with Crippen LogP contribution >= 0.6 is 0 Å². The molecule has 6 rings (SSSR count). The molecule has 0 atom stereocenters. The molecule has 0 saturated carbocycles. The Kier molecular flexibility index (Phi) is 12.3. The molecule has 0 unspecified atom stereocenters. The average Bonchev–Trinajstić information content (AvgIpc) is 4.01. The number of H-pyrrole nitrogens is 1. The lowest BCUT2D eigenvalue weighted by molar-refractivity contribution is -0.143. The third-order valence-corrected chi connectivity index (χ3v) is 9.52. The highest BCUT2D eigenvalue weighted by Gasteiger charge is 2.27. The highest BCUT2D eigenvalue weighted by Crippen LogP contribution is 2.36. The zero-order chi connectivity index (χ0) is 37.2. The summed E-state index contributed by atoms with van der Waals surface area (Å²) in [5.74, 6) is 0.256. The van der Waals surface area contributed by atoms with E-state index in [2.05, 4.69) is 42.5 Å². The van der Waals surface area contributed by atoms with E-state index in [4.69, 9.17) is 24.5 Å². The smallest absolute Gasteiger partial charge is 0.306 e. The highest BCUT2D eigenvalue weighted by molar-refractivity contribution is 6.31. The van der Waals surface area contributed by atoms with Crippen molar-refractivity contribution in [3.8, 4) is 0 Å². The van der Waals surface area contributed by atoms with Crippen molar-refractivity contribution in [1.82, 2.24) is 15.2 Å². The first kappa shape index (κ1) is 37.0. The van der Waals surface area contributed by atoms with Crippen LogP contribution in [0.1, 0.15) is 82.5 Å².